The minimum absolute atomic E-state index is 1.14. The number of benzene rings is 1. The molecule has 2 heterocycles. The van der Waals surface area contributed by atoms with Crippen molar-refractivity contribution >= 4 is 10.9 Å². The summed E-state index contributed by atoms with van der Waals surface area (Å²) in [4.78, 5) is 0. The lowest BCUT2D eigenvalue weighted by molar-refractivity contribution is -0.591. The van der Waals surface area contributed by atoms with E-state index in [1.165, 1.54) is 35.0 Å². The Bertz CT molecular complexity index is 710. The second-order valence-electron chi connectivity index (χ2n) is 5.12. The fourth-order valence-electron chi connectivity index (χ4n) is 3.02. The Morgan fingerprint density at radius 2 is 1.79 bits per heavy atom. The molecule has 0 fully saturated rings. The van der Waals surface area contributed by atoms with E-state index in [1.54, 1.807) is 0 Å². The number of aromatic nitrogens is 2. The SMILES string of the molecule is CCCc1c(CCC)n2ccc[n+]2c2ccccc12. The molecule has 0 N–H and O–H groups in total. The van der Waals surface area contributed by atoms with Crippen molar-refractivity contribution in [3.63, 3.8) is 0 Å². The average Bonchev–Trinajstić information content (AvgIpc) is 2.92. The highest BCUT2D eigenvalue weighted by atomic mass is 15.3. The van der Waals surface area contributed by atoms with E-state index >= 15 is 0 Å². The summed E-state index contributed by atoms with van der Waals surface area (Å²) in [5.74, 6) is 0. The van der Waals surface area contributed by atoms with Crippen LogP contribution in [0.1, 0.15) is 37.9 Å². The Kier molecular flexibility index (Phi) is 3.24. The normalized spacial score (nSPS) is 11.5. The topological polar surface area (TPSA) is 8.51 Å². The Morgan fingerprint density at radius 3 is 2.58 bits per heavy atom. The number of hydrogen-bond acceptors (Lipinski definition) is 0. The molecule has 0 aliphatic carbocycles. The third kappa shape index (κ3) is 1.92. The predicted octanol–water partition coefficient (Wildman–Crippen LogP) is 3.58. The molecule has 0 unspecified atom stereocenters. The highest BCUT2D eigenvalue weighted by Crippen LogP contribution is 2.22. The number of hydrogen-bond donors (Lipinski definition) is 0. The Balaban J connectivity index is 2.44. The molecule has 0 aliphatic heterocycles. The summed E-state index contributed by atoms with van der Waals surface area (Å²) in [5.41, 5.74) is 4.29. The van der Waals surface area contributed by atoms with Crippen LogP contribution in [0, 0.1) is 0 Å². The van der Waals surface area contributed by atoms with Gasteiger partial charge in [-0.2, -0.15) is 0 Å². The number of para-hydroxylation sites is 1. The summed E-state index contributed by atoms with van der Waals surface area (Å²) < 4.78 is 4.58. The Hall–Kier alpha value is -1.83. The van der Waals surface area contributed by atoms with Gasteiger partial charge in [0.1, 0.15) is 0 Å². The first-order valence-corrected chi connectivity index (χ1v) is 7.28. The van der Waals surface area contributed by atoms with Gasteiger partial charge in [0.25, 0.3) is 0 Å². The molecule has 0 saturated heterocycles. The lowest BCUT2D eigenvalue weighted by Crippen LogP contribution is -2.31. The molecule has 98 valence electrons. The standard InChI is InChI=1S/C17H21N2/c1-3-8-14-15-10-5-6-11-17(15)19-13-7-12-18(19)16(14)9-4-2/h5-7,10-13H,3-4,8-9H2,1-2H3/q+1. The largest absolute Gasteiger partial charge is 0.243 e. The predicted molar refractivity (Wildman–Crippen MR) is 78.5 cm³/mol. The molecule has 2 aromatic heterocycles. The first-order chi connectivity index (χ1) is 9.36. The van der Waals surface area contributed by atoms with Crippen LogP contribution < -0.4 is 4.52 Å². The van der Waals surface area contributed by atoms with Crippen molar-refractivity contribution in [2.45, 2.75) is 39.5 Å². The molecule has 0 atom stereocenters. The van der Waals surface area contributed by atoms with Crippen LogP contribution in [0.15, 0.2) is 42.7 Å². The third-order valence-corrected chi connectivity index (χ3v) is 3.77. The van der Waals surface area contributed by atoms with Crippen molar-refractivity contribution in [2.75, 3.05) is 0 Å². The molecule has 0 bridgehead atoms. The molecule has 0 aliphatic rings. The van der Waals surface area contributed by atoms with Crippen molar-refractivity contribution in [1.82, 2.24) is 4.52 Å². The zero-order valence-electron chi connectivity index (χ0n) is 11.8. The summed E-state index contributed by atoms with van der Waals surface area (Å²) in [5, 5.41) is 1.41. The van der Waals surface area contributed by atoms with Crippen LogP contribution in [0.2, 0.25) is 0 Å². The van der Waals surface area contributed by atoms with Crippen LogP contribution in [0.25, 0.3) is 10.9 Å². The molecule has 0 spiro atoms. The van der Waals surface area contributed by atoms with Crippen LogP contribution in [0.4, 0.5) is 0 Å². The monoisotopic (exact) mass is 253 g/mol. The zero-order valence-corrected chi connectivity index (χ0v) is 11.8. The van der Waals surface area contributed by atoms with E-state index in [9.17, 15) is 0 Å². The molecule has 0 amide bonds. The minimum atomic E-state index is 1.14. The quantitative estimate of drug-likeness (QED) is 0.628. The van der Waals surface area contributed by atoms with Gasteiger partial charge in [-0.3, -0.25) is 0 Å². The van der Waals surface area contributed by atoms with Gasteiger partial charge in [-0.05, 0) is 24.5 Å². The number of rotatable bonds is 4. The smallest absolute Gasteiger partial charge is 0.126 e. The summed E-state index contributed by atoms with van der Waals surface area (Å²) in [6.07, 6.45) is 9.00. The van der Waals surface area contributed by atoms with E-state index in [4.69, 9.17) is 0 Å². The van der Waals surface area contributed by atoms with Gasteiger partial charge in [0.2, 0.25) is 11.7 Å². The van der Waals surface area contributed by atoms with Crippen LogP contribution in [-0.2, 0) is 12.8 Å². The summed E-state index contributed by atoms with van der Waals surface area (Å²) >= 11 is 0. The molecule has 3 aromatic rings. The first-order valence-electron chi connectivity index (χ1n) is 7.28. The molecule has 1 aromatic carbocycles. The van der Waals surface area contributed by atoms with Gasteiger partial charge in [0.15, 0.2) is 0 Å². The highest BCUT2D eigenvalue weighted by Gasteiger charge is 2.18. The van der Waals surface area contributed by atoms with Gasteiger partial charge in [0, 0.05) is 12.1 Å². The van der Waals surface area contributed by atoms with Gasteiger partial charge >= 0.3 is 0 Å². The fraction of sp³-hybridized carbons (Fsp3) is 0.353. The highest BCUT2D eigenvalue weighted by molar-refractivity contribution is 5.80. The van der Waals surface area contributed by atoms with Gasteiger partial charge in [-0.1, -0.05) is 43.3 Å². The van der Waals surface area contributed by atoms with Crippen molar-refractivity contribution in [1.29, 1.82) is 0 Å². The van der Waals surface area contributed by atoms with Crippen LogP contribution in [0.5, 0.6) is 0 Å². The number of nitrogens with zero attached hydrogens (tertiary/aromatic N) is 2. The summed E-state index contributed by atoms with van der Waals surface area (Å²) in [6.45, 7) is 4.52. The second kappa shape index (κ2) is 5.04. The minimum Gasteiger partial charge on any atom is -0.126 e. The van der Waals surface area contributed by atoms with E-state index in [0.29, 0.717) is 0 Å². The van der Waals surface area contributed by atoms with Crippen molar-refractivity contribution < 1.29 is 4.52 Å². The Morgan fingerprint density at radius 1 is 1.00 bits per heavy atom. The van der Waals surface area contributed by atoms with Gasteiger partial charge in [-0.25, -0.2) is 0 Å². The van der Waals surface area contributed by atoms with E-state index in [1.807, 2.05) is 0 Å². The molecule has 2 nitrogen and oxygen atoms in total. The van der Waals surface area contributed by atoms with Gasteiger partial charge in [0.05, 0.1) is 17.3 Å². The summed E-state index contributed by atoms with van der Waals surface area (Å²) in [6, 6.07) is 10.9. The maximum atomic E-state index is 2.32. The van der Waals surface area contributed by atoms with E-state index in [2.05, 4.69) is 65.6 Å². The lowest BCUT2D eigenvalue weighted by Gasteiger charge is -2.11. The molecule has 0 saturated carbocycles. The van der Waals surface area contributed by atoms with E-state index in [-0.39, 0.29) is 0 Å². The molecule has 3 rings (SSSR count). The molecule has 19 heavy (non-hydrogen) atoms. The van der Waals surface area contributed by atoms with Crippen LogP contribution in [0.3, 0.4) is 0 Å². The van der Waals surface area contributed by atoms with Gasteiger partial charge < -0.3 is 0 Å². The average molecular weight is 253 g/mol. The zero-order chi connectivity index (χ0) is 13.2. The van der Waals surface area contributed by atoms with E-state index in [0.717, 1.165) is 12.8 Å². The fourth-order valence-corrected chi connectivity index (χ4v) is 3.02. The maximum absolute atomic E-state index is 2.32. The molecule has 0 radical (unpaired) electrons. The number of fused-ring (bicyclic) bond motifs is 3. The maximum Gasteiger partial charge on any atom is 0.243 e. The first kappa shape index (κ1) is 12.2. The molecule has 2 heteroatoms. The van der Waals surface area contributed by atoms with Crippen molar-refractivity contribution in [3.8, 4) is 0 Å². The van der Waals surface area contributed by atoms with Crippen LogP contribution in [-0.4, -0.2) is 4.52 Å². The number of aryl methyl sites for hydroxylation is 2. The third-order valence-electron chi connectivity index (χ3n) is 3.77. The molecular weight excluding hydrogens is 232 g/mol. The molecular formula is C17H21N2+. The second-order valence-corrected chi connectivity index (χ2v) is 5.12. The Labute approximate surface area is 114 Å². The van der Waals surface area contributed by atoms with Crippen molar-refractivity contribution in [2.24, 2.45) is 0 Å². The van der Waals surface area contributed by atoms with E-state index < -0.39 is 0 Å². The lowest BCUT2D eigenvalue weighted by atomic mass is 10.0. The van der Waals surface area contributed by atoms with Crippen molar-refractivity contribution in [3.05, 3.63) is 54.0 Å². The van der Waals surface area contributed by atoms with Gasteiger partial charge in [-0.15, -0.1) is 4.52 Å². The van der Waals surface area contributed by atoms with Crippen LogP contribution >= 0.6 is 0 Å². The summed E-state index contributed by atoms with van der Waals surface area (Å²) in [7, 11) is 0.